The van der Waals surface area contributed by atoms with Gasteiger partial charge in [-0.15, -0.1) is 0 Å². The van der Waals surface area contributed by atoms with E-state index in [9.17, 15) is 9.59 Å². The number of likely N-dealkylation sites (tertiary alicyclic amines) is 1. The van der Waals surface area contributed by atoms with Crippen LogP contribution < -0.4 is 10.6 Å². The first kappa shape index (κ1) is 16.8. The third kappa shape index (κ3) is 4.22. The molecule has 0 saturated carbocycles. The molecule has 2 amide bonds. The van der Waals surface area contributed by atoms with Gasteiger partial charge in [-0.05, 0) is 39.3 Å². The van der Waals surface area contributed by atoms with E-state index >= 15 is 0 Å². The first-order valence-electron chi connectivity index (χ1n) is 8.35. The SMILES string of the molecule is CCOC(=O)C1=C(CN2CCCCCC2)NC(=O)N[C@@H]1CC. The fourth-order valence-corrected chi connectivity index (χ4v) is 3.10. The number of hydrogen-bond acceptors (Lipinski definition) is 4. The second kappa shape index (κ2) is 8.17. The zero-order valence-electron chi connectivity index (χ0n) is 13.6. The van der Waals surface area contributed by atoms with E-state index in [1.54, 1.807) is 6.92 Å². The van der Waals surface area contributed by atoms with Crippen LogP contribution in [0, 0.1) is 0 Å². The van der Waals surface area contributed by atoms with E-state index in [4.69, 9.17) is 4.74 Å². The molecule has 0 unspecified atom stereocenters. The van der Waals surface area contributed by atoms with Crippen molar-refractivity contribution in [3.63, 3.8) is 0 Å². The summed E-state index contributed by atoms with van der Waals surface area (Å²) in [6, 6.07) is -0.500. The maximum atomic E-state index is 12.3. The highest BCUT2D eigenvalue weighted by Gasteiger charge is 2.32. The molecule has 0 bridgehead atoms. The van der Waals surface area contributed by atoms with Gasteiger partial charge in [-0.3, -0.25) is 4.90 Å². The Kier molecular flexibility index (Phi) is 6.24. The lowest BCUT2D eigenvalue weighted by molar-refractivity contribution is -0.139. The molecule has 0 aromatic rings. The van der Waals surface area contributed by atoms with Crippen LogP contribution in [0.1, 0.15) is 46.0 Å². The van der Waals surface area contributed by atoms with Gasteiger partial charge in [0.15, 0.2) is 0 Å². The number of ether oxygens (including phenoxy) is 1. The minimum absolute atomic E-state index is 0.232. The molecule has 22 heavy (non-hydrogen) atoms. The van der Waals surface area contributed by atoms with Crippen molar-refractivity contribution >= 4 is 12.0 Å². The zero-order valence-corrected chi connectivity index (χ0v) is 13.6. The number of rotatable bonds is 5. The molecule has 6 nitrogen and oxygen atoms in total. The molecule has 1 fully saturated rings. The molecule has 2 N–H and O–H groups in total. The van der Waals surface area contributed by atoms with E-state index in [1.807, 2.05) is 6.92 Å². The summed E-state index contributed by atoms with van der Waals surface area (Å²) in [5, 5.41) is 5.63. The molecular formula is C16H27N3O3. The molecule has 0 aliphatic carbocycles. The molecule has 1 atom stereocenters. The maximum Gasteiger partial charge on any atom is 0.337 e. The maximum absolute atomic E-state index is 12.3. The molecule has 6 heteroatoms. The Hall–Kier alpha value is -1.56. The second-order valence-corrected chi connectivity index (χ2v) is 5.86. The number of nitrogens with zero attached hydrogens (tertiary/aromatic N) is 1. The number of urea groups is 1. The van der Waals surface area contributed by atoms with Crippen LogP contribution in [0.15, 0.2) is 11.3 Å². The summed E-state index contributed by atoms with van der Waals surface area (Å²) in [6.45, 7) is 6.73. The van der Waals surface area contributed by atoms with Crippen LogP contribution in [0.3, 0.4) is 0 Å². The highest BCUT2D eigenvalue weighted by atomic mass is 16.5. The molecule has 2 heterocycles. The van der Waals surface area contributed by atoms with Crippen molar-refractivity contribution in [2.24, 2.45) is 0 Å². The summed E-state index contributed by atoms with van der Waals surface area (Å²) in [6.07, 6.45) is 5.53. The number of amides is 2. The zero-order chi connectivity index (χ0) is 15.9. The average molecular weight is 309 g/mol. The number of nitrogens with one attached hydrogen (secondary N) is 2. The van der Waals surface area contributed by atoms with Crippen LogP contribution in [-0.2, 0) is 9.53 Å². The summed E-state index contributed by atoms with van der Waals surface area (Å²) in [5.41, 5.74) is 1.28. The Morgan fingerprint density at radius 1 is 1.23 bits per heavy atom. The predicted octanol–water partition coefficient (Wildman–Crippen LogP) is 1.77. The van der Waals surface area contributed by atoms with Gasteiger partial charge in [0.1, 0.15) is 0 Å². The molecule has 124 valence electrons. The summed E-state index contributed by atoms with van der Waals surface area (Å²) in [4.78, 5) is 26.5. The molecule has 0 spiro atoms. The Morgan fingerprint density at radius 3 is 2.50 bits per heavy atom. The summed E-state index contributed by atoms with van der Waals surface area (Å²) >= 11 is 0. The summed E-state index contributed by atoms with van der Waals surface area (Å²) < 4.78 is 5.19. The fraction of sp³-hybridized carbons (Fsp3) is 0.750. The lowest BCUT2D eigenvalue weighted by Crippen LogP contribution is -2.52. The van der Waals surface area contributed by atoms with Gasteiger partial charge in [0.05, 0.1) is 18.2 Å². The predicted molar refractivity (Wildman–Crippen MR) is 84.3 cm³/mol. The smallest absolute Gasteiger partial charge is 0.337 e. The highest BCUT2D eigenvalue weighted by molar-refractivity contribution is 5.94. The van der Waals surface area contributed by atoms with Crippen LogP contribution in [-0.4, -0.2) is 49.2 Å². The number of esters is 1. The van der Waals surface area contributed by atoms with Crippen LogP contribution >= 0.6 is 0 Å². The number of carbonyl (C=O) groups excluding carboxylic acids is 2. The van der Waals surface area contributed by atoms with Crippen molar-refractivity contribution in [1.82, 2.24) is 15.5 Å². The lowest BCUT2D eigenvalue weighted by atomic mass is 10.00. The molecule has 0 radical (unpaired) electrons. The topological polar surface area (TPSA) is 70.7 Å². The van der Waals surface area contributed by atoms with Crippen molar-refractivity contribution in [2.45, 2.75) is 52.0 Å². The second-order valence-electron chi connectivity index (χ2n) is 5.86. The summed E-state index contributed by atoms with van der Waals surface area (Å²) in [5.74, 6) is -0.327. The fourth-order valence-electron chi connectivity index (χ4n) is 3.10. The molecular weight excluding hydrogens is 282 g/mol. The third-order valence-electron chi connectivity index (χ3n) is 4.23. The standard InChI is InChI=1S/C16H27N3O3/c1-3-12-14(15(20)22-4-2)13(18-16(21)17-12)11-19-9-7-5-6-8-10-19/h12H,3-11H2,1-2H3,(H2,17,18,21)/t12-/m1/s1. The van der Waals surface area contributed by atoms with Crippen LogP contribution in [0.2, 0.25) is 0 Å². The molecule has 1 saturated heterocycles. The van der Waals surface area contributed by atoms with Gasteiger partial charge in [0.2, 0.25) is 0 Å². The van der Waals surface area contributed by atoms with Crippen LogP contribution in [0.4, 0.5) is 4.79 Å². The Morgan fingerprint density at radius 2 is 1.91 bits per heavy atom. The van der Waals surface area contributed by atoms with E-state index in [0.717, 1.165) is 13.1 Å². The Balaban J connectivity index is 2.21. The molecule has 2 aliphatic heterocycles. The van der Waals surface area contributed by atoms with Gasteiger partial charge in [0.25, 0.3) is 0 Å². The quantitative estimate of drug-likeness (QED) is 0.759. The van der Waals surface area contributed by atoms with Gasteiger partial charge in [0, 0.05) is 12.2 Å². The monoisotopic (exact) mass is 309 g/mol. The van der Waals surface area contributed by atoms with E-state index < -0.39 is 0 Å². The van der Waals surface area contributed by atoms with E-state index in [2.05, 4.69) is 15.5 Å². The van der Waals surface area contributed by atoms with Crippen LogP contribution in [0.25, 0.3) is 0 Å². The Bertz CT molecular complexity index is 440. The highest BCUT2D eigenvalue weighted by Crippen LogP contribution is 2.19. The van der Waals surface area contributed by atoms with Crippen molar-refractivity contribution in [3.8, 4) is 0 Å². The van der Waals surface area contributed by atoms with Crippen molar-refractivity contribution in [3.05, 3.63) is 11.3 Å². The van der Waals surface area contributed by atoms with E-state index in [1.165, 1.54) is 25.7 Å². The van der Waals surface area contributed by atoms with E-state index in [0.29, 0.717) is 30.8 Å². The molecule has 2 rings (SSSR count). The first-order chi connectivity index (χ1) is 10.7. The Labute approximate surface area is 132 Å². The van der Waals surface area contributed by atoms with Gasteiger partial charge >= 0.3 is 12.0 Å². The number of carbonyl (C=O) groups is 2. The van der Waals surface area contributed by atoms with Gasteiger partial charge in [-0.2, -0.15) is 0 Å². The minimum Gasteiger partial charge on any atom is -0.463 e. The third-order valence-corrected chi connectivity index (χ3v) is 4.23. The first-order valence-corrected chi connectivity index (χ1v) is 8.35. The molecule has 2 aliphatic rings. The summed E-state index contributed by atoms with van der Waals surface area (Å²) in [7, 11) is 0. The van der Waals surface area contributed by atoms with Gasteiger partial charge in [-0.1, -0.05) is 19.8 Å². The lowest BCUT2D eigenvalue weighted by Gasteiger charge is -2.31. The molecule has 0 aromatic heterocycles. The number of hydrogen-bond donors (Lipinski definition) is 2. The van der Waals surface area contributed by atoms with Gasteiger partial charge < -0.3 is 15.4 Å². The normalized spacial score (nSPS) is 23.5. The van der Waals surface area contributed by atoms with Crippen molar-refractivity contribution in [1.29, 1.82) is 0 Å². The minimum atomic E-state index is -0.327. The molecule has 0 aromatic carbocycles. The largest absolute Gasteiger partial charge is 0.463 e. The van der Waals surface area contributed by atoms with Crippen molar-refractivity contribution < 1.29 is 14.3 Å². The van der Waals surface area contributed by atoms with Gasteiger partial charge in [-0.25, -0.2) is 9.59 Å². The van der Waals surface area contributed by atoms with E-state index in [-0.39, 0.29) is 18.0 Å². The average Bonchev–Trinajstić information content (AvgIpc) is 2.75. The van der Waals surface area contributed by atoms with Crippen molar-refractivity contribution in [2.75, 3.05) is 26.2 Å². The van der Waals surface area contributed by atoms with Crippen LogP contribution in [0.5, 0.6) is 0 Å².